The minimum Gasteiger partial charge on any atom is -0.351 e. The van der Waals surface area contributed by atoms with Crippen LogP contribution in [0.25, 0.3) is 5.65 Å². The van der Waals surface area contributed by atoms with Gasteiger partial charge in [0, 0.05) is 20.1 Å². The van der Waals surface area contributed by atoms with E-state index in [0.717, 1.165) is 18.9 Å². The molecule has 3 aromatic heterocycles. The van der Waals surface area contributed by atoms with Gasteiger partial charge in [-0.1, -0.05) is 0 Å². The van der Waals surface area contributed by atoms with Crippen molar-refractivity contribution in [3.63, 3.8) is 0 Å². The molecule has 1 saturated heterocycles. The summed E-state index contributed by atoms with van der Waals surface area (Å²) in [6.45, 7) is 1.49. The fraction of sp³-hybridized carbons (Fsp3) is 0.308. The summed E-state index contributed by atoms with van der Waals surface area (Å²) in [4.78, 5) is 22.8. The standard InChI is InChI=1S/C13H14N8O/c1-19(13(22)10-4-14-7-15-10)9-5-20(6-9)12-3-2-11-17-16-8-21(11)18-12/h2-4,7-9H,5-6H2,1H3,(H,14,15). The number of imidazole rings is 1. The predicted molar refractivity (Wildman–Crippen MR) is 77.5 cm³/mol. The van der Waals surface area contributed by atoms with E-state index in [4.69, 9.17) is 0 Å². The second-order valence-electron chi connectivity index (χ2n) is 5.27. The number of likely N-dealkylation sites (N-methyl/N-ethyl adjacent to an activating group) is 1. The molecule has 1 aliphatic rings. The number of amides is 1. The second kappa shape index (κ2) is 4.79. The Bertz CT molecular complexity index is 804. The van der Waals surface area contributed by atoms with Crippen LogP contribution in [-0.2, 0) is 0 Å². The van der Waals surface area contributed by atoms with E-state index in [9.17, 15) is 4.79 Å². The van der Waals surface area contributed by atoms with E-state index in [1.807, 2.05) is 19.2 Å². The van der Waals surface area contributed by atoms with Gasteiger partial charge < -0.3 is 14.8 Å². The van der Waals surface area contributed by atoms with E-state index in [0.29, 0.717) is 11.3 Å². The molecular formula is C13H14N8O. The Morgan fingerprint density at radius 3 is 3.05 bits per heavy atom. The number of carbonyl (C=O) groups is 1. The molecule has 4 rings (SSSR count). The number of nitrogens with one attached hydrogen (secondary N) is 1. The van der Waals surface area contributed by atoms with Crippen LogP contribution in [0.15, 0.2) is 31.0 Å². The molecule has 9 nitrogen and oxygen atoms in total. The maximum Gasteiger partial charge on any atom is 0.272 e. The Morgan fingerprint density at radius 1 is 1.41 bits per heavy atom. The molecule has 9 heteroatoms. The summed E-state index contributed by atoms with van der Waals surface area (Å²) < 4.78 is 1.64. The molecule has 0 saturated carbocycles. The number of carbonyl (C=O) groups excluding carboxylic acids is 1. The molecule has 0 radical (unpaired) electrons. The summed E-state index contributed by atoms with van der Waals surface area (Å²) in [5.41, 5.74) is 1.22. The molecule has 1 amide bonds. The molecule has 0 aliphatic carbocycles. The highest BCUT2D eigenvalue weighted by Crippen LogP contribution is 2.22. The summed E-state index contributed by atoms with van der Waals surface area (Å²) >= 11 is 0. The summed E-state index contributed by atoms with van der Waals surface area (Å²) in [5, 5.41) is 12.2. The van der Waals surface area contributed by atoms with Crippen molar-refractivity contribution < 1.29 is 4.79 Å². The average Bonchev–Trinajstić information content (AvgIpc) is 3.15. The Morgan fingerprint density at radius 2 is 2.27 bits per heavy atom. The van der Waals surface area contributed by atoms with Crippen LogP contribution in [0.4, 0.5) is 5.82 Å². The first-order valence-electron chi connectivity index (χ1n) is 6.90. The fourth-order valence-corrected chi connectivity index (χ4v) is 2.50. The zero-order chi connectivity index (χ0) is 15.1. The van der Waals surface area contributed by atoms with Crippen molar-refractivity contribution in [2.75, 3.05) is 25.0 Å². The third kappa shape index (κ3) is 1.98. The quantitative estimate of drug-likeness (QED) is 0.720. The Labute approximate surface area is 125 Å². The van der Waals surface area contributed by atoms with Crippen molar-refractivity contribution in [3.05, 3.63) is 36.7 Å². The van der Waals surface area contributed by atoms with E-state index < -0.39 is 0 Å². The van der Waals surface area contributed by atoms with Gasteiger partial charge in [-0.05, 0) is 12.1 Å². The molecule has 0 atom stereocenters. The highest BCUT2D eigenvalue weighted by molar-refractivity contribution is 5.92. The average molecular weight is 298 g/mol. The Kier molecular flexibility index (Phi) is 2.78. The number of aromatic amines is 1. The van der Waals surface area contributed by atoms with E-state index in [2.05, 4.69) is 30.2 Å². The molecule has 1 aliphatic heterocycles. The van der Waals surface area contributed by atoms with Crippen molar-refractivity contribution >= 4 is 17.4 Å². The minimum absolute atomic E-state index is 0.0515. The van der Waals surface area contributed by atoms with Gasteiger partial charge in [0.2, 0.25) is 0 Å². The smallest absolute Gasteiger partial charge is 0.272 e. The zero-order valence-corrected chi connectivity index (χ0v) is 11.9. The lowest BCUT2D eigenvalue weighted by molar-refractivity contribution is 0.0699. The Balaban J connectivity index is 1.44. The van der Waals surface area contributed by atoms with Gasteiger partial charge in [-0.3, -0.25) is 4.79 Å². The van der Waals surface area contributed by atoms with Crippen LogP contribution in [0.2, 0.25) is 0 Å². The molecule has 0 unspecified atom stereocenters. The van der Waals surface area contributed by atoms with Crippen molar-refractivity contribution in [2.45, 2.75) is 6.04 Å². The largest absolute Gasteiger partial charge is 0.351 e. The molecule has 22 heavy (non-hydrogen) atoms. The topological polar surface area (TPSA) is 95.3 Å². The van der Waals surface area contributed by atoms with Crippen LogP contribution in [0, 0.1) is 0 Å². The lowest BCUT2D eigenvalue weighted by Gasteiger charge is -2.44. The SMILES string of the molecule is CN(C(=O)c1cnc[nH]1)C1CN(c2ccc3nncn3n2)C1. The lowest BCUT2D eigenvalue weighted by atomic mass is 10.1. The lowest BCUT2D eigenvalue weighted by Crippen LogP contribution is -2.60. The molecule has 0 spiro atoms. The van der Waals surface area contributed by atoms with Crippen LogP contribution in [0.1, 0.15) is 10.5 Å². The van der Waals surface area contributed by atoms with Crippen molar-refractivity contribution in [3.8, 4) is 0 Å². The van der Waals surface area contributed by atoms with E-state index in [-0.39, 0.29) is 11.9 Å². The number of anilines is 1. The molecule has 4 heterocycles. The van der Waals surface area contributed by atoms with Crippen molar-refractivity contribution in [1.29, 1.82) is 0 Å². The summed E-state index contributed by atoms with van der Waals surface area (Å²) in [5.74, 6) is 0.801. The summed E-state index contributed by atoms with van der Waals surface area (Å²) in [6, 6.07) is 3.95. The fourth-order valence-electron chi connectivity index (χ4n) is 2.50. The van der Waals surface area contributed by atoms with Crippen LogP contribution >= 0.6 is 0 Å². The van der Waals surface area contributed by atoms with Crippen LogP contribution in [-0.4, -0.2) is 66.8 Å². The first kappa shape index (κ1) is 12.7. The maximum absolute atomic E-state index is 12.2. The minimum atomic E-state index is -0.0515. The second-order valence-corrected chi connectivity index (χ2v) is 5.27. The zero-order valence-electron chi connectivity index (χ0n) is 11.9. The van der Waals surface area contributed by atoms with Gasteiger partial charge in [-0.25, -0.2) is 4.98 Å². The van der Waals surface area contributed by atoms with Gasteiger partial charge in [-0.15, -0.1) is 15.3 Å². The first-order valence-corrected chi connectivity index (χ1v) is 6.90. The summed E-state index contributed by atoms with van der Waals surface area (Å²) in [6.07, 6.45) is 4.62. The van der Waals surface area contributed by atoms with Gasteiger partial charge in [0.1, 0.15) is 17.8 Å². The van der Waals surface area contributed by atoms with Gasteiger partial charge in [-0.2, -0.15) is 4.52 Å². The number of hydrogen-bond acceptors (Lipinski definition) is 6. The van der Waals surface area contributed by atoms with E-state index >= 15 is 0 Å². The normalized spacial score (nSPS) is 15.0. The third-order valence-corrected chi connectivity index (χ3v) is 3.93. The maximum atomic E-state index is 12.2. The number of rotatable bonds is 3. The van der Waals surface area contributed by atoms with Gasteiger partial charge in [0.05, 0.1) is 18.6 Å². The van der Waals surface area contributed by atoms with Crippen LogP contribution < -0.4 is 4.90 Å². The molecule has 112 valence electrons. The number of nitrogens with zero attached hydrogens (tertiary/aromatic N) is 7. The Hall–Kier alpha value is -2.97. The van der Waals surface area contributed by atoms with Crippen molar-refractivity contribution in [2.24, 2.45) is 0 Å². The number of aromatic nitrogens is 6. The highest BCUT2D eigenvalue weighted by Gasteiger charge is 2.34. The third-order valence-electron chi connectivity index (χ3n) is 3.93. The first-order chi connectivity index (χ1) is 10.7. The van der Waals surface area contributed by atoms with Crippen LogP contribution in [0.5, 0.6) is 0 Å². The van der Waals surface area contributed by atoms with Crippen LogP contribution in [0.3, 0.4) is 0 Å². The summed E-state index contributed by atoms with van der Waals surface area (Å²) in [7, 11) is 1.81. The molecule has 1 N–H and O–H groups in total. The number of fused-ring (bicyclic) bond motifs is 1. The van der Waals surface area contributed by atoms with Gasteiger partial charge >= 0.3 is 0 Å². The number of hydrogen-bond donors (Lipinski definition) is 1. The molecular weight excluding hydrogens is 284 g/mol. The van der Waals surface area contributed by atoms with E-state index in [1.165, 1.54) is 12.5 Å². The van der Waals surface area contributed by atoms with Crippen molar-refractivity contribution in [1.82, 2.24) is 34.7 Å². The molecule has 0 aromatic carbocycles. The monoisotopic (exact) mass is 298 g/mol. The molecule has 1 fully saturated rings. The molecule has 0 bridgehead atoms. The van der Waals surface area contributed by atoms with E-state index in [1.54, 1.807) is 15.7 Å². The van der Waals surface area contributed by atoms with Gasteiger partial charge in [0.15, 0.2) is 5.65 Å². The molecule has 3 aromatic rings. The highest BCUT2D eigenvalue weighted by atomic mass is 16.2. The van der Waals surface area contributed by atoms with Gasteiger partial charge in [0.25, 0.3) is 5.91 Å². The predicted octanol–water partition coefficient (Wildman–Crippen LogP) is -0.192. The number of H-pyrrole nitrogens is 1.